The minimum Gasteiger partial charge on any atom is -0.309 e. The SMILES string of the molecule is CC1(C)c2cc3ccccc3cc2-c2c1c1ccc(-c3ccc(-c4c5ccccc5c(-c5ccc6c(c5)c5ccccc5n6-c5ccccc5)c5ccccc45)cc3)cc1c1ccccc21. The molecule has 14 rings (SSSR count). The molecule has 12 aromatic carbocycles. The second-order valence-corrected chi connectivity index (χ2v) is 18.8. The van der Waals surface area contributed by atoms with Crippen molar-refractivity contribution in [3.63, 3.8) is 0 Å². The summed E-state index contributed by atoms with van der Waals surface area (Å²) in [6, 6.07) is 83.8. The molecule has 1 aromatic heterocycles. The van der Waals surface area contributed by atoms with Crippen LogP contribution in [0.5, 0.6) is 0 Å². The molecule has 0 saturated carbocycles. The molecule has 1 heteroatoms. The van der Waals surface area contributed by atoms with Crippen LogP contribution in [0.15, 0.2) is 224 Å². The van der Waals surface area contributed by atoms with Crippen LogP contribution in [-0.4, -0.2) is 4.57 Å². The Labute approximate surface area is 383 Å². The van der Waals surface area contributed by atoms with Crippen molar-refractivity contribution in [3.8, 4) is 50.2 Å². The summed E-state index contributed by atoms with van der Waals surface area (Å²) in [5, 5.41) is 15.4. The highest BCUT2D eigenvalue weighted by atomic mass is 15.0. The van der Waals surface area contributed by atoms with Gasteiger partial charge in [0, 0.05) is 21.9 Å². The molecule has 0 bridgehead atoms. The minimum absolute atomic E-state index is 0.142. The quantitative estimate of drug-likeness (QED) is 0.123. The van der Waals surface area contributed by atoms with Gasteiger partial charge in [0.05, 0.1) is 11.0 Å². The third-order valence-corrected chi connectivity index (χ3v) is 14.9. The second-order valence-electron chi connectivity index (χ2n) is 18.8. The first-order chi connectivity index (χ1) is 32.5. The first-order valence-corrected chi connectivity index (χ1v) is 23.2. The van der Waals surface area contributed by atoms with Crippen molar-refractivity contribution in [2.45, 2.75) is 19.3 Å². The number of aromatic nitrogens is 1. The van der Waals surface area contributed by atoms with E-state index >= 15 is 0 Å². The lowest BCUT2D eigenvalue weighted by Gasteiger charge is -2.24. The molecular formula is C65H43N. The van der Waals surface area contributed by atoms with Gasteiger partial charge in [-0.1, -0.05) is 190 Å². The van der Waals surface area contributed by atoms with Gasteiger partial charge in [0.25, 0.3) is 0 Å². The summed E-state index contributed by atoms with van der Waals surface area (Å²) in [4.78, 5) is 0. The maximum absolute atomic E-state index is 2.44. The van der Waals surface area contributed by atoms with Gasteiger partial charge >= 0.3 is 0 Å². The zero-order chi connectivity index (χ0) is 43.7. The van der Waals surface area contributed by atoms with Crippen molar-refractivity contribution in [1.29, 1.82) is 0 Å². The molecule has 1 heterocycles. The van der Waals surface area contributed by atoms with Crippen molar-refractivity contribution < 1.29 is 0 Å². The number of rotatable bonds is 4. The van der Waals surface area contributed by atoms with Crippen molar-refractivity contribution in [2.24, 2.45) is 0 Å². The van der Waals surface area contributed by atoms with E-state index in [9.17, 15) is 0 Å². The van der Waals surface area contributed by atoms with Crippen molar-refractivity contribution in [1.82, 2.24) is 4.57 Å². The van der Waals surface area contributed by atoms with E-state index in [0.29, 0.717) is 0 Å². The summed E-state index contributed by atoms with van der Waals surface area (Å²) in [6.45, 7) is 4.83. The molecule has 308 valence electrons. The van der Waals surface area contributed by atoms with E-state index in [4.69, 9.17) is 0 Å². The Morgan fingerprint density at radius 2 is 0.788 bits per heavy atom. The van der Waals surface area contributed by atoms with Crippen LogP contribution in [0.4, 0.5) is 0 Å². The Hall–Kier alpha value is -8.26. The molecule has 66 heavy (non-hydrogen) atoms. The van der Waals surface area contributed by atoms with E-state index in [2.05, 4.69) is 243 Å². The van der Waals surface area contributed by atoms with Gasteiger partial charge in [0.2, 0.25) is 0 Å². The molecule has 1 aliphatic rings. The summed E-state index contributed by atoms with van der Waals surface area (Å²) in [5.41, 5.74) is 16.5. The monoisotopic (exact) mass is 837 g/mol. The van der Waals surface area contributed by atoms with E-state index in [1.165, 1.54) is 137 Å². The molecule has 13 aromatic rings. The summed E-state index contributed by atoms with van der Waals surface area (Å²) in [6.07, 6.45) is 0. The lowest BCUT2D eigenvalue weighted by atomic mass is 9.78. The lowest BCUT2D eigenvalue weighted by molar-refractivity contribution is 0.667. The van der Waals surface area contributed by atoms with Gasteiger partial charge < -0.3 is 4.57 Å². The Bertz CT molecular complexity index is 4110. The third kappa shape index (κ3) is 5.23. The van der Waals surface area contributed by atoms with Crippen LogP contribution in [0.25, 0.3) is 126 Å². The number of fused-ring (bicyclic) bond motifs is 14. The van der Waals surface area contributed by atoms with Gasteiger partial charge in [0.1, 0.15) is 0 Å². The molecule has 0 atom stereocenters. The second kappa shape index (κ2) is 13.9. The molecule has 0 N–H and O–H groups in total. The molecule has 0 saturated heterocycles. The molecule has 0 radical (unpaired) electrons. The highest BCUT2D eigenvalue weighted by Crippen LogP contribution is 2.56. The third-order valence-electron chi connectivity index (χ3n) is 14.9. The number of hydrogen-bond donors (Lipinski definition) is 0. The molecule has 1 aliphatic carbocycles. The highest BCUT2D eigenvalue weighted by Gasteiger charge is 2.38. The maximum Gasteiger partial charge on any atom is 0.0541 e. The Morgan fingerprint density at radius 1 is 0.303 bits per heavy atom. The number of hydrogen-bond acceptors (Lipinski definition) is 0. The zero-order valence-electron chi connectivity index (χ0n) is 36.8. The molecule has 0 aliphatic heterocycles. The summed E-state index contributed by atoms with van der Waals surface area (Å²) >= 11 is 0. The average Bonchev–Trinajstić information content (AvgIpc) is 3.82. The van der Waals surface area contributed by atoms with Gasteiger partial charge in [-0.2, -0.15) is 0 Å². The van der Waals surface area contributed by atoms with Gasteiger partial charge in [-0.3, -0.25) is 0 Å². The summed E-state index contributed by atoms with van der Waals surface area (Å²) in [7, 11) is 0. The smallest absolute Gasteiger partial charge is 0.0541 e. The fourth-order valence-corrected chi connectivity index (χ4v) is 12.0. The van der Waals surface area contributed by atoms with E-state index in [1.807, 2.05) is 0 Å². The number of benzene rings is 12. The lowest BCUT2D eigenvalue weighted by Crippen LogP contribution is -2.15. The van der Waals surface area contributed by atoms with Crippen molar-refractivity contribution in [2.75, 3.05) is 0 Å². The van der Waals surface area contributed by atoms with Crippen LogP contribution in [0.3, 0.4) is 0 Å². The average molecular weight is 838 g/mol. The van der Waals surface area contributed by atoms with Gasteiger partial charge in [0.15, 0.2) is 0 Å². The molecule has 0 fully saturated rings. The molecule has 1 nitrogen and oxygen atoms in total. The number of para-hydroxylation sites is 2. The summed E-state index contributed by atoms with van der Waals surface area (Å²) < 4.78 is 2.39. The first kappa shape index (κ1) is 37.1. The summed E-state index contributed by atoms with van der Waals surface area (Å²) in [5.74, 6) is 0. The molecule has 0 amide bonds. The predicted molar refractivity (Wildman–Crippen MR) is 282 cm³/mol. The zero-order valence-corrected chi connectivity index (χ0v) is 36.8. The van der Waals surface area contributed by atoms with Gasteiger partial charge in [-0.25, -0.2) is 0 Å². The molecular weight excluding hydrogens is 795 g/mol. The van der Waals surface area contributed by atoms with Crippen LogP contribution in [-0.2, 0) is 5.41 Å². The fraction of sp³-hybridized carbons (Fsp3) is 0.0462. The van der Waals surface area contributed by atoms with E-state index in [-0.39, 0.29) is 5.41 Å². The van der Waals surface area contributed by atoms with Crippen molar-refractivity contribution >= 4 is 75.7 Å². The largest absolute Gasteiger partial charge is 0.309 e. The Kier molecular flexibility index (Phi) is 7.81. The Morgan fingerprint density at radius 3 is 1.47 bits per heavy atom. The topological polar surface area (TPSA) is 4.93 Å². The van der Waals surface area contributed by atoms with E-state index in [0.717, 1.165) is 0 Å². The van der Waals surface area contributed by atoms with Gasteiger partial charge in [-0.05, 0) is 158 Å². The van der Waals surface area contributed by atoms with Crippen LogP contribution in [0.1, 0.15) is 25.0 Å². The van der Waals surface area contributed by atoms with Crippen LogP contribution >= 0.6 is 0 Å². The van der Waals surface area contributed by atoms with Crippen LogP contribution in [0, 0.1) is 0 Å². The molecule has 0 spiro atoms. The molecule has 0 unspecified atom stereocenters. The van der Waals surface area contributed by atoms with Crippen LogP contribution in [0.2, 0.25) is 0 Å². The Balaban J connectivity index is 0.909. The standard InChI is InChI=1S/C65H43N/c1-65(2)58-39-43-17-7-6-16-42(43)37-57(58)63-49-22-9-8-20-47(49)55-36-44(32-34-54(55)64(63)65)40-28-30-41(31-29-40)61-50-23-10-12-25-52(50)62(53-26-13-11-24-51(53)61)45-33-35-60-56(38-45)48-21-14-15-27-59(48)66(60)46-18-4-3-5-19-46/h3-39H,1-2H3. The van der Waals surface area contributed by atoms with Crippen LogP contribution < -0.4 is 0 Å². The van der Waals surface area contributed by atoms with E-state index in [1.54, 1.807) is 0 Å². The maximum atomic E-state index is 2.44. The van der Waals surface area contributed by atoms with E-state index < -0.39 is 0 Å². The van der Waals surface area contributed by atoms with Crippen molar-refractivity contribution in [3.05, 3.63) is 236 Å². The first-order valence-electron chi connectivity index (χ1n) is 23.2. The predicted octanol–water partition coefficient (Wildman–Crippen LogP) is 17.9. The van der Waals surface area contributed by atoms with Gasteiger partial charge in [-0.15, -0.1) is 0 Å². The number of nitrogens with zero attached hydrogens (tertiary/aromatic N) is 1. The minimum atomic E-state index is -0.142. The highest BCUT2D eigenvalue weighted by molar-refractivity contribution is 6.23. The fourth-order valence-electron chi connectivity index (χ4n) is 12.0. The normalized spacial score (nSPS) is 13.1.